The molecule has 0 saturated heterocycles. The van der Waals surface area contributed by atoms with Crippen LogP contribution in [0.1, 0.15) is 32.6 Å². The molecule has 100 valence electrons. The summed E-state index contributed by atoms with van der Waals surface area (Å²) < 4.78 is 0. The number of nitrogens with zero attached hydrogens (tertiary/aromatic N) is 1. The predicted octanol–water partition coefficient (Wildman–Crippen LogP) is 3.81. The number of rotatable bonds is 2. The number of nitrogens with one attached hydrogen (secondary N) is 1. The van der Waals surface area contributed by atoms with Crippen LogP contribution in [0.2, 0.25) is 0 Å². The lowest BCUT2D eigenvalue weighted by Crippen LogP contribution is -2.30. The Labute approximate surface area is 114 Å². The predicted molar refractivity (Wildman–Crippen MR) is 81.2 cm³/mol. The number of aromatic nitrogens is 1. The molecule has 0 bridgehead atoms. The van der Waals surface area contributed by atoms with Crippen molar-refractivity contribution in [1.82, 2.24) is 4.98 Å². The normalized spacial score (nSPS) is 23.4. The summed E-state index contributed by atoms with van der Waals surface area (Å²) in [5.74, 6) is 0.734. The Morgan fingerprint density at radius 1 is 1.21 bits per heavy atom. The molecule has 1 saturated carbocycles. The van der Waals surface area contributed by atoms with Crippen LogP contribution < -0.4 is 11.1 Å². The Bertz CT molecular complexity index is 579. The maximum atomic E-state index is 6.00. The van der Waals surface area contributed by atoms with E-state index in [4.69, 9.17) is 5.73 Å². The lowest BCUT2D eigenvalue weighted by molar-refractivity contribution is 0.350. The molecule has 1 heterocycles. The lowest BCUT2D eigenvalue weighted by atomic mass is 9.86. The third-order valence-corrected chi connectivity index (χ3v) is 4.25. The zero-order chi connectivity index (χ0) is 13.2. The third kappa shape index (κ3) is 2.37. The quantitative estimate of drug-likeness (QED) is 0.802. The highest BCUT2D eigenvalue weighted by Gasteiger charge is 2.21. The fourth-order valence-electron chi connectivity index (χ4n) is 3.06. The molecule has 3 heteroatoms. The molecule has 2 unspecified atom stereocenters. The van der Waals surface area contributed by atoms with E-state index in [0.717, 1.165) is 28.2 Å². The van der Waals surface area contributed by atoms with E-state index in [1.807, 2.05) is 18.3 Å². The summed E-state index contributed by atoms with van der Waals surface area (Å²) in [4.78, 5) is 4.39. The average molecular weight is 255 g/mol. The fourth-order valence-corrected chi connectivity index (χ4v) is 3.06. The van der Waals surface area contributed by atoms with Crippen LogP contribution in [-0.4, -0.2) is 11.0 Å². The van der Waals surface area contributed by atoms with E-state index < -0.39 is 0 Å². The van der Waals surface area contributed by atoms with Crippen LogP contribution in [0.15, 0.2) is 30.5 Å². The SMILES string of the molecule is CC1CCCCC1Nc1ccnc2c(N)cccc12. The van der Waals surface area contributed by atoms with Gasteiger partial charge in [-0.3, -0.25) is 4.98 Å². The molecule has 0 amide bonds. The van der Waals surface area contributed by atoms with Crippen molar-refractivity contribution >= 4 is 22.3 Å². The molecule has 1 aliphatic carbocycles. The highest BCUT2D eigenvalue weighted by molar-refractivity contribution is 5.97. The summed E-state index contributed by atoms with van der Waals surface area (Å²) in [7, 11) is 0. The van der Waals surface area contributed by atoms with Crippen LogP contribution in [0.3, 0.4) is 0 Å². The first-order valence-electron chi connectivity index (χ1n) is 7.15. The largest absolute Gasteiger partial charge is 0.397 e. The van der Waals surface area contributed by atoms with Gasteiger partial charge in [-0.05, 0) is 30.9 Å². The average Bonchev–Trinajstić information content (AvgIpc) is 2.42. The van der Waals surface area contributed by atoms with E-state index in [1.54, 1.807) is 0 Å². The van der Waals surface area contributed by atoms with Crippen molar-refractivity contribution in [3.05, 3.63) is 30.5 Å². The van der Waals surface area contributed by atoms with Gasteiger partial charge in [0.05, 0.1) is 11.2 Å². The molecule has 0 spiro atoms. The Morgan fingerprint density at radius 2 is 2.05 bits per heavy atom. The summed E-state index contributed by atoms with van der Waals surface area (Å²) in [6, 6.07) is 8.62. The van der Waals surface area contributed by atoms with Gasteiger partial charge in [-0.25, -0.2) is 0 Å². The first-order valence-corrected chi connectivity index (χ1v) is 7.15. The van der Waals surface area contributed by atoms with Gasteiger partial charge in [0.25, 0.3) is 0 Å². The van der Waals surface area contributed by atoms with Gasteiger partial charge in [-0.1, -0.05) is 31.9 Å². The number of nitrogen functional groups attached to an aromatic ring is 1. The molecule has 2 aromatic rings. The fraction of sp³-hybridized carbons (Fsp3) is 0.438. The number of anilines is 2. The van der Waals surface area contributed by atoms with E-state index >= 15 is 0 Å². The van der Waals surface area contributed by atoms with Gasteiger partial charge in [0.2, 0.25) is 0 Å². The minimum atomic E-state index is 0.570. The first kappa shape index (κ1) is 12.3. The molecule has 0 radical (unpaired) electrons. The van der Waals surface area contributed by atoms with Crippen molar-refractivity contribution in [2.75, 3.05) is 11.1 Å². The minimum Gasteiger partial charge on any atom is -0.397 e. The topological polar surface area (TPSA) is 50.9 Å². The number of nitrogens with two attached hydrogens (primary N) is 1. The van der Waals surface area contributed by atoms with Crippen molar-refractivity contribution in [3.8, 4) is 0 Å². The zero-order valence-electron chi connectivity index (χ0n) is 11.4. The number of hydrogen-bond acceptors (Lipinski definition) is 3. The number of para-hydroxylation sites is 1. The smallest absolute Gasteiger partial charge is 0.0951 e. The highest BCUT2D eigenvalue weighted by Crippen LogP contribution is 2.30. The van der Waals surface area contributed by atoms with E-state index in [1.165, 1.54) is 25.7 Å². The minimum absolute atomic E-state index is 0.570. The molecule has 3 nitrogen and oxygen atoms in total. The van der Waals surface area contributed by atoms with Crippen molar-refractivity contribution in [3.63, 3.8) is 0 Å². The maximum absolute atomic E-state index is 6.00. The molecule has 19 heavy (non-hydrogen) atoms. The summed E-state index contributed by atoms with van der Waals surface area (Å²) >= 11 is 0. The van der Waals surface area contributed by atoms with E-state index in [2.05, 4.69) is 29.4 Å². The van der Waals surface area contributed by atoms with Gasteiger partial charge in [0.1, 0.15) is 0 Å². The number of benzene rings is 1. The molecule has 2 atom stereocenters. The molecule has 0 aliphatic heterocycles. The van der Waals surface area contributed by atoms with Gasteiger partial charge < -0.3 is 11.1 Å². The second kappa shape index (κ2) is 5.08. The van der Waals surface area contributed by atoms with Gasteiger partial charge >= 0.3 is 0 Å². The van der Waals surface area contributed by atoms with E-state index in [9.17, 15) is 0 Å². The van der Waals surface area contributed by atoms with E-state index in [0.29, 0.717) is 6.04 Å². The summed E-state index contributed by atoms with van der Waals surface area (Å²) in [5, 5.41) is 4.83. The van der Waals surface area contributed by atoms with Crippen molar-refractivity contribution in [2.24, 2.45) is 5.92 Å². The zero-order valence-corrected chi connectivity index (χ0v) is 11.4. The lowest BCUT2D eigenvalue weighted by Gasteiger charge is -2.30. The molecular formula is C16H21N3. The van der Waals surface area contributed by atoms with Gasteiger partial charge in [0, 0.05) is 23.3 Å². The Morgan fingerprint density at radius 3 is 2.89 bits per heavy atom. The number of pyridine rings is 1. The third-order valence-electron chi connectivity index (χ3n) is 4.25. The van der Waals surface area contributed by atoms with Crippen LogP contribution in [0, 0.1) is 5.92 Å². The highest BCUT2D eigenvalue weighted by atomic mass is 14.9. The van der Waals surface area contributed by atoms with Crippen LogP contribution in [0.5, 0.6) is 0 Å². The maximum Gasteiger partial charge on any atom is 0.0951 e. The number of hydrogen-bond donors (Lipinski definition) is 2. The van der Waals surface area contributed by atoms with Gasteiger partial charge in [-0.2, -0.15) is 0 Å². The Kier molecular flexibility index (Phi) is 3.28. The van der Waals surface area contributed by atoms with Crippen molar-refractivity contribution in [2.45, 2.75) is 38.6 Å². The van der Waals surface area contributed by atoms with Gasteiger partial charge in [-0.15, -0.1) is 0 Å². The van der Waals surface area contributed by atoms with E-state index in [-0.39, 0.29) is 0 Å². The monoisotopic (exact) mass is 255 g/mol. The summed E-state index contributed by atoms with van der Waals surface area (Å²) in [6.45, 7) is 2.34. The first-order chi connectivity index (χ1) is 9.25. The van der Waals surface area contributed by atoms with Gasteiger partial charge in [0.15, 0.2) is 0 Å². The van der Waals surface area contributed by atoms with Crippen LogP contribution >= 0.6 is 0 Å². The summed E-state index contributed by atoms with van der Waals surface area (Å²) in [6.07, 6.45) is 7.11. The molecule has 3 N–H and O–H groups in total. The molecule has 3 rings (SSSR count). The second-order valence-electron chi connectivity index (χ2n) is 5.61. The standard InChI is InChI=1S/C16H21N3/c1-11-5-2-3-8-14(11)19-15-9-10-18-16-12(15)6-4-7-13(16)17/h4,6-7,9-11,14H,2-3,5,8,17H2,1H3,(H,18,19). The molecule has 1 aliphatic rings. The van der Waals surface area contributed by atoms with Crippen molar-refractivity contribution < 1.29 is 0 Å². The Hall–Kier alpha value is -1.77. The molecule has 1 fully saturated rings. The number of fused-ring (bicyclic) bond motifs is 1. The Balaban J connectivity index is 1.94. The summed E-state index contributed by atoms with van der Waals surface area (Å²) in [5.41, 5.74) is 8.81. The second-order valence-corrected chi connectivity index (χ2v) is 5.61. The van der Waals surface area contributed by atoms with Crippen LogP contribution in [0.25, 0.3) is 10.9 Å². The molecule has 1 aromatic heterocycles. The van der Waals surface area contributed by atoms with Crippen molar-refractivity contribution in [1.29, 1.82) is 0 Å². The van der Waals surface area contributed by atoms with Crippen LogP contribution in [0.4, 0.5) is 11.4 Å². The van der Waals surface area contributed by atoms with Crippen LogP contribution in [-0.2, 0) is 0 Å². The molecular weight excluding hydrogens is 234 g/mol. The molecule has 1 aromatic carbocycles.